The molecule has 2 N–H and O–H groups in total. The largest absolute Gasteiger partial charge is 0.344 e. The Hall–Kier alpha value is -1.43. The molecule has 0 aromatic carbocycles. The molecule has 3 fully saturated rings. The van der Waals surface area contributed by atoms with Gasteiger partial charge in [0.15, 0.2) is 0 Å². The summed E-state index contributed by atoms with van der Waals surface area (Å²) in [6.45, 7) is 0. The third-order valence-corrected chi connectivity index (χ3v) is 4.76. The molecular formula is C14H21N3O3. The average molecular weight is 279 g/mol. The van der Waals surface area contributed by atoms with Crippen LogP contribution in [0.1, 0.15) is 38.5 Å². The lowest BCUT2D eigenvalue weighted by Crippen LogP contribution is -2.43. The number of fused-ring (bicyclic) bond motifs is 2. The van der Waals surface area contributed by atoms with Crippen molar-refractivity contribution in [2.24, 2.45) is 5.92 Å². The lowest BCUT2D eigenvalue weighted by molar-refractivity contribution is -0.138. The second-order valence-electron chi connectivity index (χ2n) is 6.29. The number of amides is 3. The number of imide groups is 1. The van der Waals surface area contributed by atoms with Gasteiger partial charge in [0.05, 0.1) is 6.42 Å². The second kappa shape index (κ2) is 5.16. The molecule has 3 unspecified atom stereocenters. The second-order valence-corrected chi connectivity index (χ2v) is 6.29. The van der Waals surface area contributed by atoms with Gasteiger partial charge in [0, 0.05) is 25.6 Å². The Morgan fingerprint density at radius 1 is 1.30 bits per heavy atom. The molecule has 0 radical (unpaired) electrons. The van der Waals surface area contributed by atoms with E-state index in [0.717, 1.165) is 17.7 Å². The van der Waals surface area contributed by atoms with Gasteiger partial charge >= 0.3 is 0 Å². The summed E-state index contributed by atoms with van der Waals surface area (Å²) in [7, 11) is 1.46. The van der Waals surface area contributed by atoms with Gasteiger partial charge in [0.2, 0.25) is 11.8 Å². The molecule has 3 atom stereocenters. The van der Waals surface area contributed by atoms with E-state index in [9.17, 15) is 14.4 Å². The molecule has 110 valence electrons. The SMILES string of the molecule is CN1C(=O)CC(NC(=O)CC2CC3CCC(C2)N3)C1=O. The first-order valence-corrected chi connectivity index (χ1v) is 7.38. The molecule has 2 bridgehead atoms. The van der Waals surface area contributed by atoms with Crippen LogP contribution in [0.25, 0.3) is 0 Å². The number of nitrogens with one attached hydrogen (secondary N) is 2. The van der Waals surface area contributed by atoms with Crippen molar-refractivity contribution in [3.8, 4) is 0 Å². The highest BCUT2D eigenvalue weighted by Crippen LogP contribution is 2.32. The summed E-state index contributed by atoms with van der Waals surface area (Å²) in [6, 6.07) is 0.471. The van der Waals surface area contributed by atoms with Crippen molar-refractivity contribution in [1.82, 2.24) is 15.5 Å². The van der Waals surface area contributed by atoms with Crippen LogP contribution in [0, 0.1) is 5.92 Å². The maximum Gasteiger partial charge on any atom is 0.252 e. The van der Waals surface area contributed by atoms with E-state index in [1.807, 2.05) is 0 Å². The van der Waals surface area contributed by atoms with E-state index in [0.29, 0.717) is 24.4 Å². The molecule has 3 aliphatic heterocycles. The number of hydrogen-bond donors (Lipinski definition) is 2. The number of hydrogen-bond acceptors (Lipinski definition) is 4. The van der Waals surface area contributed by atoms with Gasteiger partial charge in [-0.15, -0.1) is 0 Å². The Labute approximate surface area is 118 Å². The zero-order valence-electron chi connectivity index (χ0n) is 11.7. The van der Waals surface area contributed by atoms with Gasteiger partial charge in [0.25, 0.3) is 5.91 Å². The molecule has 3 aliphatic rings. The van der Waals surface area contributed by atoms with Gasteiger partial charge in [-0.05, 0) is 31.6 Å². The number of likely N-dealkylation sites (tertiary alicyclic amines) is 1. The van der Waals surface area contributed by atoms with Gasteiger partial charge < -0.3 is 10.6 Å². The lowest BCUT2D eigenvalue weighted by Gasteiger charge is -2.28. The third-order valence-electron chi connectivity index (χ3n) is 4.76. The predicted octanol–water partition coefficient (Wildman–Crippen LogP) is -0.219. The van der Waals surface area contributed by atoms with Gasteiger partial charge in [-0.3, -0.25) is 19.3 Å². The first kappa shape index (κ1) is 13.5. The number of nitrogens with zero attached hydrogens (tertiary/aromatic N) is 1. The van der Waals surface area contributed by atoms with Crippen molar-refractivity contribution >= 4 is 17.7 Å². The number of likely N-dealkylation sites (N-methyl/N-ethyl adjacent to an activating group) is 1. The summed E-state index contributed by atoms with van der Waals surface area (Å²) in [6.07, 6.45) is 5.07. The van der Waals surface area contributed by atoms with Crippen molar-refractivity contribution in [2.45, 2.75) is 56.7 Å². The van der Waals surface area contributed by atoms with E-state index in [1.54, 1.807) is 0 Å². The molecular weight excluding hydrogens is 258 g/mol. The van der Waals surface area contributed by atoms with Gasteiger partial charge in [-0.2, -0.15) is 0 Å². The van der Waals surface area contributed by atoms with Gasteiger partial charge in [-0.25, -0.2) is 0 Å². The van der Waals surface area contributed by atoms with Crippen molar-refractivity contribution < 1.29 is 14.4 Å². The molecule has 0 aromatic heterocycles. The fourth-order valence-corrected chi connectivity index (χ4v) is 3.73. The first-order valence-electron chi connectivity index (χ1n) is 7.38. The molecule has 6 nitrogen and oxygen atoms in total. The van der Waals surface area contributed by atoms with Crippen molar-refractivity contribution in [3.05, 3.63) is 0 Å². The molecule has 20 heavy (non-hydrogen) atoms. The Kier molecular flexibility index (Phi) is 3.50. The Morgan fingerprint density at radius 2 is 1.95 bits per heavy atom. The highest BCUT2D eigenvalue weighted by molar-refractivity contribution is 6.06. The number of rotatable bonds is 3. The minimum Gasteiger partial charge on any atom is -0.344 e. The number of carbonyl (C=O) groups excluding carboxylic acids is 3. The fourth-order valence-electron chi connectivity index (χ4n) is 3.73. The zero-order chi connectivity index (χ0) is 14.3. The Morgan fingerprint density at radius 3 is 2.50 bits per heavy atom. The van der Waals surface area contributed by atoms with Gasteiger partial charge in [-0.1, -0.05) is 0 Å². The highest BCUT2D eigenvalue weighted by atomic mass is 16.2. The topological polar surface area (TPSA) is 78.5 Å². The molecule has 3 amide bonds. The van der Waals surface area contributed by atoms with Crippen LogP contribution in [0.2, 0.25) is 0 Å². The van der Waals surface area contributed by atoms with Crippen molar-refractivity contribution in [2.75, 3.05) is 7.05 Å². The summed E-state index contributed by atoms with van der Waals surface area (Å²) < 4.78 is 0. The minimum absolute atomic E-state index is 0.0958. The molecule has 0 spiro atoms. The smallest absolute Gasteiger partial charge is 0.252 e. The first-order chi connectivity index (χ1) is 9.52. The molecule has 0 aliphatic carbocycles. The fraction of sp³-hybridized carbons (Fsp3) is 0.786. The number of piperidine rings is 1. The van der Waals surface area contributed by atoms with Crippen LogP contribution in [0.4, 0.5) is 0 Å². The van der Waals surface area contributed by atoms with Crippen LogP contribution < -0.4 is 10.6 Å². The summed E-state index contributed by atoms with van der Waals surface area (Å²) >= 11 is 0. The number of carbonyl (C=O) groups is 3. The summed E-state index contributed by atoms with van der Waals surface area (Å²) in [5, 5.41) is 6.26. The molecule has 3 heterocycles. The maximum absolute atomic E-state index is 12.0. The van der Waals surface area contributed by atoms with E-state index < -0.39 is 6.04 Å². The van der Waals surface area contributed by atoms with E-state index in [4.69, 9.17) is 0 Å². The van der Waals surface area contributed by atoms with Crippen LogP contribution in [0.3, 0.4) is 0 Å². The Balaban J connectivity index is 1.50. The van der Waals surface area contributed by atoms with Crippen molar-refractivity contribution in [1.29, 1.82) is 0 Å². The van der Waals surface area contributed by atoms with Crippen LogP contribution in [0.15, 0.2) is 0 Å². The zero-order valence-corrected chi connectivity index (χ0v) is 11.7. The average Bonchev–Trinajstić information content (AvgIpc) is 2.85. The van der Waals surface area contributed by atoms with Crippen molar-refractivity contribution in [3.63, 3.8) is 0 Å². The summed E-state index contributed by atoms with van der Waals surface area (Å²) in [5.41, 5.74) is 0. The standard InChI is InChI=1S/C14H21N3O3/c1-17-13(19)7-11(14(17)20)16-12(18)6-8-4-9-2-3-10(5-8)15-9/h8-11,15H,2-7H2,1H3,(H,16,18). The summed E-state index contributed by atoms with van der Waals surface area (Å²) in [4.78, 5) is 36.3. The predicted molar refractivity (Wildman–Crippen MR) is 71.6 cm³/mol. The van der Waals surface area contributed by atoms with Crippen LogP contribution >= 0.6 is 0 Å². The Bertz CT molecular complexity index is 439. The lowest BCUT2D eigenvalue weighted by atomic mass is 9.89. The van der Waals surface area contributed by atoms with Crippen LogP contribution in [0.5, 0.6) is 0 Å². The molecule has 6 heteroatoms. The molecule has 0 aromatic rings. The molecule has 0 saturated carbocycles. The van der Waals surface area contributed by atoms with Crippen LogP contribution in [-0.4, -0.2) is 47.8 Å². The quantitative estimate of drug-likeness (QED) is 0.700. The highest BCUT2D eigenvalue weighted by Gasteiger charge is 2.38. The van der Waals surface area contributed by atoms with E-state index in [1.165, 1.54) is 19.9 Å². The van der Waals surface area contributed by atoms with E-state index in [-0.39, 0.29) is 24.1 Å². The minimum atomic E-state index is -0.654. The van der Waals surface area contributed by atoms with Crippen LogP contribution in [-0.2, 0) is 14.4 Å². The van der Waals surface area contributed by atoms with E-state index >= 15 is 0 Å². The van der Waals surface area contributed by atoms with E-state index in [2.05, 4.69) is 10.6 Å². The maximum atomic E-state index is 12.0. The monoisotopic (exact) mass is 279 g/mol. The molecule has 3 saturated heterocycles. The molecule has 3 rings (SSSR count). The van der Waals surface area contributed by atoms with Gasteiger partial charge in [0.1, 0.15) is 6.04 Å². The summed E-state index contributed by atoms with van der Waals surface area (Å²) in [5.74, 6) is -0.217. The third kappa shape index (κ3) is 2.57. The normalized spacial score (nSPS) is 36.5.